The number of nitrogens with two attached hydrogens (primary N) is 1. The highest BCUT2D eigenvalue weighted by molar-refractivity contribution is 5.80. The molecule has 68 valence electrons. The molecule has 0 spiro atoms. The minimum atomic E-state index is -1.09. The van der Waals surface area contributed by atoms with Crippen molar-refractivity contribution >= 4 is 11.9 Å². The molecule has 0 aromatic heterocycles. The van der Waals surface area contributed by atoms with Gasteiger partial charge in [0.05, 0.1) is 0 Å². The Hall–Kier alpha value is -1.14. The van der Waals surface area contributed by atoms with Crippen molar-refractivity contribution in [3.8, 4) is 0 Å². The molecule has 1 heterocycles. The van der Waals surface area contributed by atoms with E-state index in [9.17, 15) is 9.59 Å². The Balaban J connectivity index is 2.51. The SMILES string of the molecule is NC(=O)[C@@H]1CNC[C@H](C(=O)O)O1. The van der Waals surface area contributed by atoms with Crippen LogP contribution in [0.3, 0.4) is 0 Å². The first kappa shape index (κ1) is 8.95. The van der Waals surface area contributed by atoms with Gasteiger partial charge in [-0.2, -0.15) is 0 Å². The number of amides is 1. The van der Waals surface area contributed by atoms with Gasteiger partial charge >= 0.3 is 5.97 Å². The van der Waals surface area contributed by atoms with Crippen LogP contribution in [0.15, 0.2) is 0 Å². The van der Waals surface area contributed by atoms with E-state index in [0.717, 1.165) is 0 Å². The number of ether oxygens (including phenoxy) is 1. The van der Waals surface area contributed by atoms with Crippen LogP contribution in [-0.4, -0.2) is 42.3 Å². The second-order valence-corrected chi connectivity index (χ2v) is 2.51. The van der Waals surface area contributed by atoms with Crippen molar-refractivity contribution in [2.24, 2.45) is 5.73 Å². The number of primary amides is 1. The summed E-state index contributed by atoms with van der Waals surface area (Å²) in [5.41, 5.74) is 4.93. The highest BCUT2D eigenvalue weighted by Crippen LogP contribution is 2.02. The minimum absolute atomic E-state index is 0.207. The van der Waals surface area contributed by atoms with Gasteiger partial charge in [-0.05, 0) is 0 Å². The number of aliphatic carboxylic acids is 1. The van der Waals surface area contributed by atoms with E-state index < -0.39 is 24.1 Å². The van der Waals surface area contributed by atoms with E-state index in [1.807, 2.05) is 0 Å². The van der Waals surface area contributed by atoms with Crippen LogP contribution in [0.1, 0.15) is 0 Å². The lowest BCUT2D eigenvalue weighted by atomic mass is 10.2. The number of carbonyl (C=O) groups is 2. The van der Waals surface area contributed by atoms with E-state index in [-0.39, 0.29) is 13.1 Å². The molecule has 1 fully saturated rings. The Kier molecular flexibility index (Phi) is 2.61. The van der Waals surface area contributed by atoms with Crippen LogP contribution in [0.2, 0.25) is 0 Å². The number of carboxylic acids is 1. The lowest BCUT2D eigenvalue weighted by molar-refractivity contribution is -0.160. The zero-order chi connectivity index (χ0) is 9.14. The second-order valence-electron chi connectivity index (χ2n) is 2.51. The largest absolute Gasteiger partial charge is 0.479 e. The van der Waals surface area contributed by atoms with E-state index in [1.165, 1.54) is 0 Å². The molecule has 0 unspecified atom stereocenters. The molecular weight excluding hydrogens is 164 g/mol. The van der Waals surface area contributed by atoms with Crippen LogP contribution < -0.4 is 11.1 Å². The van der Waals surface area contributed by atoms with Crippen molar-refractivity contribution in [1.82, 2.24) is 5.32 Å². The summed E-state index contributed by atoms with van der Waals surface area (Å²) in [6.07, 6.45) is -1.81. The van der Waals surface area contributed by atoms with Gasteiger partial charge in [-0.3, -0.25) is 4.79 Å². The topological polar surface area (TPSA) is 102 Å². The van der Waals surface area contributed by atoms with Gasteiger partial charge in [0.1, 0.15) is 6.10 Å². The van der Waals surface area contributed by atoms with E-state index in [2.05, 4.69) is 5.32 Å². The number of carboxylic acid groups (broad SMARTS) is 1. The maximum Gasteiger partial charge on any atom is 0.334 e. The number of carbonyl (C=O) groups excluding carboxylic acids is 1. The van der Waals surface area contributed by atoms with Gasteiger partial charge < -0.3 is 20.9 Å². The van der Waals surface area contributed by atoms with Crippen molar-refractivity contribution in [2.45, 2.75) is 12.2 Å². The van der Waals surface area contributed by atoms with Crippen LogP contribution in [-0.2, 0) is 14.3 Å². The zero-order valence-corrected chi connectivity index (χ0v) is 6.32. The Morgan fingerprint density at radius 2 is 2.00 bits per heavy atom. The molecule has 6 heteroatoms. The first-order valence-electron chi connectivity index (χ1n) is 3.49. The third-order valence-electron chi connectivity index (χ3n) is 1.58. The van der Waals surface area contributed by atoms with Crippen molar-refractivity contribution in [2.75, 3.05) is 13.1 Å². The van der Waals surface area contributed by atoms with Crippen molar-refractivity contribution < 1.29 is 19.4 Å². The fourth-order valence-corrected chi connectivity index (χ4v) is 0.953. The molecule has 1 amide bonds. The summed E-state index contributed by atoms with van der Waals surface area (Å²) in [5.74, 6) is -1.73. The molecule has 1 aliphatic heterocycles. The molecule has 0 saturated carbocycles. The highest BCUT2D eigenvalue weighted by Gasteiger charge is 2.29. The Labute approximate surface area is 68.7 Å². The number of hydrogen-bond donors (Lipinski definition) is 3. The standard InChI is InChI=1S/C6H10N2O4/c7-5(9)3-1-8-2-4(12-3)6(10)11/h3-4,8H,1-2H2,(H2,7,9)(H,10,11)/t3-,4+/m0/s1. The Morgan fingerprint density at radius 3 is 2.50 bits per heavy atom. The molecule has 1 aliphatic rings. The average Bonchev–Trinajstić information content (AvgIpc) is 2.04. The monoisotopic (exact) mass is 174 g/mol. The first-order chi connectivity index (χ1) is 5.61. The molecular formula is C6H10N2O4. The lowest BCUT2D eigenvalue weighted by Crippen LogP contribution is -2.52. The molecule has 0 aliphatic carbocycles. The number of morpholine rings is 1. The molecule has 6 nitrogen and oxygen atoms in total. The van der Waals surface area contributed by atoms with Gasteiger partial charge in [0.2, 0.25) is 5.91 Å². The predicted octanol–water partition coefficient (Wildman–Crippen LogP) is -2.09. The smallest absolute Gasteiger partial charge is 0.334 e. The number of hydrogen-bond acceptors (Lipinski definition) is 4. The molecule has 4 N–H and O–H groups in total. The summed E-state index contributed by atoms with van der Waals surface area (Å²) >= 11 is 0. The first-order valence-corrected chi connectivity index (χ1v) is 3.49. The van der Waals surface area contributed by atoms with E-state index in [4.69, 9.17) is 15.6 Å². The fourth-order valence-electron chi connectivity index (χ4n) is 0.953. The van der Waals surface area contributed by atoms with Crippen molar-refractivity contribution in [1.29, 1.82) is 0 Å². The average molecular weight is 174 g/mol. The molecule has 0 aromatic rings. The lowest BCUT2D eigenvalue weighted by Gasteiger charge is -2.26. The summed E-state index contributed by atoms with van der Waals surface area (Å²) in [5, 5.41) is 11.3. The summed E-state index contributed by atoms with van der Waals surface area (Å²) in [6.45, 7) is 0.484. The third-order valence-corrected chi connectivity index (χ3v) is 1.58. The van der Waals surface area contributed by atoms with E-state index in [1.54, 1.807) is 0 Å². The molecule has 0 bridgehead atoms. The van der Waals surface area contributed by atoms with Gasteiger partial charge in [0.15, 0.2) is 6.10 Å². The summed E-state index contributed by atoms with van der Waals surface area (Å²) in [6, 6.07) is 0. The van der Waals surface area contributed by atoms with Crippen molar-refractivity contribution in [3.05, 3.63) is 0 Å². The normalized spacial score (nSPS) is 29.7. The second kappa shape index (κ2) is 3.51. The highest BCUT2D eigenvalue weighted by atomic mass is 16.5. The summed E-state index contributed by atoms with van der Waals surface area (Å²) in [4.78, 5) is 21.0. The molecule has 0 radical (unpaired) electrons. The van der Waals surface area contributed by atoms with Crippen LogP contribution in [0.4, 0.5) is 0 Å². The van der Waals surface area contributed by atoms with Crippen LogP contribution in [0.25, 0.3) is 0 Å². The van der Waals surface area contributed by atoms with Gasteiger partial charge in [-0.15, -0.1) is 0 Å². The summed E-state index contributed by atoms with van der Waals surface area (Å²) < 4.78 is 4.87. The quantitative estimate of drug-likeness (QED) is 0.445. The molecule has 2 atom stereocenters. The predicted molar refractivity (Wildman–Crippen MR) is 38.4 cm³/mol. The molecule has 1 rings (SSSR count). The van der Waals surface area contributed by atoms with Gasteiger partial charge in [0, 0.05) is 13.1 Å². The third kappa shape index (κ3) is 1.93. The Bertz CT molecular complexity index is 186. The Morgan fingerprint density at radius 1 is 1.42 bits per heavy atom. The van der Waals surface area contributed by atoms with Crippen LogP contribution in [0.5, 0.6) is 0 Å². The number of nitrogens with one attached hydrogen (secondary N) is 1. The van der Waals surface area contributed by atoms with Crippen LogP contribution >= 0.6 is 0 Å². The van der Waals surface area contributed by atoms with Gasteiger partial charge in [0.25, 0.3) is 0 Å². The van der Waals surface area contributed by atoms with Crippen LogP contribution in [0, 0.1) is 0 Å². The molecule has 1 saturated heterocycles. The van der Waals surface area contributed by atoms with Gasteiger partial charge in [-0.1, -0.05) is 0 Å². The molecule has 0 aromatic carbocycles. The van der Waals surface area contributed by atoms with Crippen molar-refractivity contribution in [3.63, 3.8) is 0 Å². The van der Waals surface area contributed by atoms with E-state index in [0.29, 0.717) is 0 Å². The fraction of sp³-hybridized carbons (Fsp3) is 0.667. The zero-order valence-electron chi connectivity index (χ0n) is 6.32. The maximum atomic E-state index is 10.6. The van der Waals surface area contributed by atoms with Gasteiger partial charge in [-0.25, -0.2) is 4.79 Å². The summed E-state index contributed by atoms with van der Waals surface area (Å²) in [7, 11) is 0. The maximum absolute atomic E-state index is 10.6. The molecule has 12 heavy (non-hydrogen) atoms. The van der Waals surface area contributed by atoms with E-state index >= 15 is 0 Å². The number of rotatable bonds is 2. The minimum Gasteiger partial charge on any atom is -0.479 e.